The maximum atomic E-state index is 4.50. The summed E-state index contributed by atoms with van der Waals surface area (Å²) < 4.78 is 0. The molecule has 6 heteroatoms. The highest BCUT2D eigenvalue weighted by molar-refractivity contribution is 5.44. The van der Waals surface area contributed by atoms with Crippen LogP contribution in [0.2, 0.25) is 0 Å². The summed E-state index contributed by atoms with van der Waals surface area (Å²) in [5.74, 6) is 1.99. The van der Waals surface area contributed by atoms with Crippen LogP contribution in [0.1, 0.15) is 41.0 Å². The van der Waals surface area contributed by atoms with Crippen molar-refractivity contribution in [3.05, 3.63) is 0 Å². The van der Waals surface area contributed by atoms with Gasteiger partial charge in [-0.2, -0.15) is 15.0 Å². The van der Waals surface area contributed by atoms with Crippen molar-refractivity contribution in [2.24, 2.45) is 0 Å². The van der Waals surface area contributed by atoms with Gasteiger partial charge >= 0.3 is 0 Å². The first-order valence-corrected chi connectivity index (χ1v) is 7.15. The molecule has 1 unspecified atom stereocenters. The van der Waals surface area contributed by atoms with E-state index in [2.05, 4.69) is 58.2 Å². The Labute approximate surface area is 116 Å². The molecule has 6 nitrogen and oxygen atoms in total. The first kappa shape index (κ1) is 15.5. The van der Waals surface area contributed by atoms with Crippen LogP contribution in [0.3, 0.4) is 0 Å². The molecule has 1 aromatic heterocycles. The third kappa shape index (κ3) is 4.54. The Balaban J connectivity index is 3.02. The lowest BCUT2D eigenvalue weighted by Gasteiger charge is -2.20. The summed E-state index contributed by atoms with van der Waals surface area (Å²) in [4.78, 5) is 15.5. The zero-order chi connectivity index (χ0) is 14.3. The Morgan fingerprint density at radius 1 is 1.00 bits per heavy atom. The van der Waals surface area contributed by atoms with Crippen molar-refractivity contribution in [3.63, 3.8) is 0 Å². The summed E-state index contributed by atoms with van der Waals surface area (Å²) in [7, 11) is 0. The number of anilines is 3. The van der Waals surface area contributed by atoms with Gasteiger partial charge in [-0.15, -0.1) is 0 Å². The van der Waals surface area contributed by atoms with Gasteiger partial charge in [0.1, 0.15) is 0 Å². The van der Waals surface area contributed by atoms with E-state index in [0.717, 1.165) is 32.0 Å². The minimum Gasteiger partial charge on any atom is -0.354 e. The molecule has 0 saturated carbocycles. The summed E-state index contributed by atoms with van der Waals surface area (Å²) in [6.45, 7) is 13.0. The van der Waals surface area contributed by atoms with Crippen LogP contribution >= 0.6 is 0 Å². The van der Waals surface area contributed by atoms with Crippen LogP contribution in [0, 0.1) is 0 Å². The smallest absolute Gasteiger partial charge is 0.231 e. The average Bonchev–Trinajstić information content (AvgIpc) is 2.40. The second kappa shape index (κ2) is 7.76. The molecule has 0 aliphatic heterocycles. The Bertz CT molecular complexity index is 377. The fourth-order valence-corrected chi connectivity index (χ4v) is 1.64. The highest BCUT2D eigenvalue weighted by Crippen LogP contribution is 2.14. The Morgan fingerprint density at radius 3 is 2.16 bits per heavy atom. The third-order valence-corrected chi connectivity index (χ3v) is 2.99. The van der Waals surface area contributed by atoms with Crippen LogP contribution < -0.4 is 15.5 Å². The molecule has 0 amide bonds. The molecule has 1 rings (SSSR count). The largest absolute Gasteiger partial charge is 0.354 e. The third-order valence-electron chi connectivity index (χ3n) is 2.99. The molecule has 0 spiro atoms. The summed E-state index contributed by atoms with van der Waals surface area (Å²) in [6.07, 6.45) is 1.03. The molecule has 0 aliphatic carbocycles. The van der Waals surface area contributed by atoms with Crippen molar-refractivity contribution < 1.29 is 0 Å². The molecule has 0 saturated heterocycles. The van der Waals surface area contributed by atoms with E-state index < -0.39 is 0 Å². The topological polar surface area (TPSA) is 66.0 Å². The van der Waals surface area contributed by atoms with E-state index >= 15 is 0 Å². The molecule has 0 aliphatic rings. The van der Waals surface area contributed by atoms with E-state index in [0.29, 0.717) is 17.9 Å². The van der Waals surface area contributed by atoms with Gasteiger partial charge in [-0.3, -0.25) is 0 Å². The molecule has 0 bridgehead atoms. The van der Waals surface area contributed by atoms with Crippen molar-refractivity contribution >= 4 is 17.8 Å². The lowest BCUT2D eigenvalue weighted by atomic mass is 10.3. The molecule has 1 heterocycles. The molecule has 0 aromatic carbocycles. The SMILES string of the molecule is CCNc1nc(NC(C)CC)nc(N(CC)CC)n1. The van der Waals surface area contributed by atoms with Crippen molar-refractivity contribution in [1.82, 2.24) is 15.0 Å². The number of hydrogen-bond acceptors (Lipinski definition) is 6. The maximum absolute atomic E-state index is 4.50. The van der Waals surface area contributed by atoms with Gasteiger partial charge in [0, 0.05) is 25.7 Å². The van der Waals surface area contributed by atoms with Crippen LogP contribution in [0.5, 0.6) is 0 Å². The first-order valence-electron chi connectivity index (χ1n) is 7.15. The normalized spacial score (nSPS) is 12.1. The predicted molar refractivity (Wildman–Crippen MR) is 80.9 cm³/mol. The van der Waals surface area contributed by atoms with Crippen molar-refractivity contribution in [3.8, 4) is 0 Å². The zero-order valence-electron chi connectivity index (χ0n) is 12.7. The first-order chi connectivity index (χ1) is 9.14. The van der Waals surface area contributed by atoms with E-state index in [9.17, 15) is 0 Å². The number of nitrogens with one attached hydrogen (secondary N) is 2. The summed E-state index contributed by atoms with van der Waals surface area (Å²) in [5, 5.41) is 6.46. The van der Waals surface area contributed by atoms with Crippen molar-refractivity contribution in [1.29, 1.82) is 0 Å². The van der Waals surface area contributed by atoms with Gasteiger partial charge in [0.15, 0.2) is 0 Å². The number of hydrogen-bond donors (Lipinski definition) is 2. The summed E-state index contributed by atoms with van der Waals surface area (Å²) >= 11 is 0. The molecular weight excluding hydrogens is 240 g/mol. The summed E-state index contributed by atoms with van der Waals surface area (Å²) in [5.41, 5.74) is 0. The Morgan fingerprint density at radius 2 is 1.63 bits per heavy atom. The number of aromatic nitrogens is 3. The maximum Gasteiger partial charge on any atom is 0.231 e. The van der Waals surface area contributed by atoms with Crippen LogP contribution in [0.25, 0.3) is 0 Å². The summed E-state index contributed by atoms with van der Waals surface area (Å²) in [6, 6.07) is 0.349. The van der Waals surface area contributed by atoms with E-state index in [1.165, 1.54) is 0 Å². The fraction of sp³-hybridized carbons (Fsp3) is 0.769. The standard InChI is InChI=1S/C13H26N6/c1-6-10(5)15-12-16-11(14-7-2)17-13(18-12)19(8-3)9-4/h10H,6-9H2,1-5H3,(H2,14,15,16,17,18). The molecule has 0 fully saturated rings. The van der Waals surface area contributed by atoms with E-state index in [1.54, 1.807) is 0 Å². The Hall–Kier alpha value is -1.59. The molecule has 0 radical (unpaired) electrons. The van der Waals surface area contributed by atoms with E-state index in [-0.39, 0.29) is 0 Å². The quantitative estimate of drug-likeness (QED) is 0.753. The van der Waals surface area contributed by atoms with Crippen LogP contribution in [-0.2, 0) is 0 Å². The number of nitrogens with zero attached hydrogens (tertiary/aromatic N) is 4. The van der Waals surface area contributed by atoms with Gasteiger partial charge in [0.25, 0.3) is 0 Å². The molecule has 1 atom stereocenters. The molecular formula is C13H26N6. The minimum absolute atomic E-state index is 0.349. The predicted octanol–water partition coefficient (Wildman–Crippen LogP) is 2.36. The van der Waals surface area contributed by atoms with Gasteiger partial charge in [-0.1, -0.05) is 6.92 Å². The van der Waals surface area contributed by atoms with Crippen LogP contribution in [0.4, 0.5) is 17.8 Å². The fourth-order valence-electron chi connectivity index (χ4n) is 1.64. The van der Waals surface area contributed by atoms with Crippen molar-refractivity contribution in [2.75, 3.05) is 35.2 Å². The highest BCUT2D eigenvalue weighted by atomic mass is 15.3. The highest BCUT2D eigenvalue weighted by Gasteiger charge is 2.11. The number of rotatable bonds is 8. The lowest BCUT2D eigenvalue weighted by molar-refractivity contribution is 0.745. The average molecular weight is 266 g/mol. The second-order valence-corrected chi connectivity index (χ2v) is 4.44. The van der Waals surface area contributed by atoms with Crippen LogP contribution in [0.15, 0.2) is 0 Å². The zero-order valence-corrected chi connectivity index (χ0v) is 12.7. The molecule has 1 aromatic rings. The molecule has 19 heavy (non-hydrogen) atoms. The van der Waals surface area contributed by atoms with Crippen LogP contribution in [-0.4, -0.2) is 40.6 Å². The lowest BCUT2D eigenvalue weighted by Crippen LogP contribution is -2.26. The molecule has 2 N–H and O–H groups in total. The monoisotopic (exact) mass is 266 g/mol. The Kier molecular flexibility index (Phi) is 6.32. The van der Waals surface area contributed by atoms with E-state index in [4.69, 9.17) is 0 Å². The van der Waals surface area contributed by atoms with E-state index in [1.807, 2.05) is 6.92 Å². The van der Waals surface area contributed by atoms with Gasteiger partial charge in [-0.05, 0) is 34.1 Å². The minimum atomic E-state index is 0.349. The van der Waals surface area contributed by atoms with Gasteiger partial charge in [0.05, 0.1) is 0 Å². The van der Waals surface area contributed by atoms with Gasteiger partial charge < -0.3 is 15.5 Å². The van der Waals surface area contributed by atoms with Gasteiger partial charge in [0.2, 0.25) is 17.8 Å². The van der Waals surface area contributed by atoms with Gasteiger partial charge in [-0.25, -0.2) is 0 Å². The molecule has 108 valence electrons. The second-order valence-electron chi connectivity index (χ2n) is 4.44. The van der Waals surface area contributed by atoms with Crippen molar-refractivity contribution in [2.45, 2.75) is 47.1 Å².